The first-order chi connectivity index (χ1) is 39.4. The summed E-state index contributed by atoms with van der Waals surface area (Å²) in [4.78, 5) is 0. The summed E-state index contributed by atoms with van der Waals surface area (Å²) in [5, 5.41) is 8.09. The van der Waals surface area contributed by atoms with Crippen LogP contribution in [0, 0.1) is 6.92 Å². The van der Waals surface area contributed by atoms with Crippen molar-refractivity contribution < 1.29 is 0 Å². The summed E-state index contributed by atoms with van der Waals surface area (Å²) in [5.41, 5.74) is 35.2. The van der Waals surface area contributed by atoms with Crippen LogP contribution in [0.2, 0.25) is 0 Å². The fourth-order valence-corrected chi connectivity index (χ4v) is 15.9. The molecule has 4 aliphatic rings. The lowest BCUT2D eigenvalue weighted by atomic mass is 9.29. The second kappa shape index (κ2) is 16.1. The molecule has 0 radical (unpaired) electrons. The molecule has 4 aliphatic heterocycles. The summed E-state index contributed by atoms with van der Waals surface area (Å²) in [6.45, 7) is 45.2. The summed E-state index contributed by atoms with van der Waals surface area (Å²) in [6, 6.07) is 54.7. The molecule has 5 heteroatoms. The third-order valence-corrected chi connectivity index (χ3v) is 20.7. The van der Waals surface area contributed by atoms with Gasteiger partial charge >= 0.3 is 0 Å². The van der Waals surface area contributed by atoms with Crippen molar-refractivity contribution in [3.8, 4) is 39.3 Å². The first-order valence-electron chi connectivity index (χ1n) is 31.2. The van der Waals surface area contributed by atoms with Crippen LogP contribution >= 0.6 is 0 Å². The van der Waals surface area contributed by atoms with Crippen molar-refractivity contribution in [3.05, 3.63) is 172 Å². The molecule has 7 heterocycles. The smallest absolute Gasteiger partial charge is 0.252 e. The van der Waals surface area contributed by atoms with Crippen LogP contribution in [0.3, 0.4) is 0 Å². The molecule has 12 aromatic rings. The molecule has 0 aliphatic carbocycles. The molecule has 0 unspecified atom stereocenters. The minimum absolute atomic E-state index is 0.00341. The van der Waals surface area contributed by atoms with E-state index in [1.807, 2.05) is 0 Å². The Morgan fingerprint density at radius 2 is 0.571 bits per heavy atom. The van der Waals surface area contributed by atoms with Crippen molar-refractivity contribution >= 4 is 112 Å². The Hall–Kier alpha value is -7.49. The van der Waals surface area contributed by atoms with Crippen LogP contribution in [0.15, 0.2) is 133 Å². The van der Waals surface area contributed by atoms with Gasteiger partial charge in [0.05, 0.1) is 11.0 Å². The number of fused-ring (bicyclic) bond motifs is 13. The zero-order valence-corrected chi connectivity index (χ0v) is 53.2. The zero-order valence-electron chi connectivity index (χ0n) is 53.2. The van der Waals surface area contributed by atoms with E-state index in [1.165, 1.54) is 176 Å². The van der Waals surface area contributed by atoms with Gasteiger partial charge in [-0.2, -0.15) is 0 Å². The lowest BCUT2D eigenvalue weighted by molar-refractivity contribution is 0.590. The Kier molecular flexibility index (Phi) is 9.97. The zero-order chi connectivity index (χ0) is 58.9. The Labute approximate surface area is 498 Å². The average Bonchev–Trinajstić information content (AvgIpc) is 1.34. The van der Waals surface area contributed by atoms with Gasteiger partial charge in [-0.15, -0.1) is 0 Å². The van der Waals surface area contributed by atoms with Crippen molar-refractivity contribution in [2.24, 2.45) is 0 Å². The Bertz CT molecular complexity index is 4990. The first kappa shape index (κ1) is 52.1. The maximum atomic E-state index is 2.83. The summed E-state index contributed by atoms with van der Waals surface area (Å²) in [7, 11) is 0. The van der Waals surface area contributed by atoms with Crippen LogP contribution < -0.4 is 32.8 Å². The van der Waals surface area contributed by atoms with Crippen LogP contribution in [-0.4, -0.2) is 27.1 Å². The highest BCUT2D eigenvalue weighted by Crippen LogP contribution is 2.48. The van der Waals surface area contributed by atoms with Crippen LogP contribution in [0.25, 0.3) is 105 Å². The van der Waals surface area contributed by atoms with Gasteiger partial charge in [-0.1, -0.05) is 210 Å². The molecule has 0 bridgehead atoms. The monoisotopic (exact) mass is 1090 g/mol. The normalized spacial score (nSPS) is 14.6. The lowest BCUT2D eigenvalue weighted by Crippen LogP contribution is -2.67. The highest BCUT2D eigenvalue weighted by Gasteiger charge is 2.51. The number of aromatic nitrogens is 3. The predicted molar refractivity (Wildman–Crippen MR) is 367 cm³/mol. The molecule has 416 valence electrons. The Morgan fingerprint density at radius 3 is 1.00 bits per heavy atom. The number of hydrogen-bond donors (Lipinski definition) is 0. The maximum absolute atomic E-state index is 2.83. The highest BCUT2D eigenvalue weighted by molar-refractivity contribution is 7.04. The molecule has 0 amide bonds. The van der Waals surface area contributed by atoms with Gasteiger partial charge in [0.15, 0.2) is 0 Å². The van der Waals surface area contributed by atoms with E-state index in [1.54, 1.807) is 0 Å². The summed E-state index contributed by atoms with van der Waals surface area (Å²) in [5.74, 6) is 0. The Morgan fingerprint density at radius 1 is 0.262 bits per heavy atom. The van der Waals surface area contributed by atoms with Gasteiger partial charge in [-0.3, -0.25) is 0 Å². The summed E-state index contributed by atoms with van der Waals surface area (Å²) >= 11 is 0. The van der Waals surface area contributed by atoms with E-state index in [9.17, 15) is 0 Å². The van der Waals surface area contributed by atoms with Crippen LogP contribution in [0.4, 0.5) is 0 Å². The molecule has 9 aromatic carbocycles. The minimum Gasteiger partial charge on any atom is -0.311 e. The molecule has 0 saturated heterocycles. The molecule has 0 saturated carbocycles. The van der Waals surface area contributed by atoms with Crippen molar-refractivity contribution in [2.75, 3.05) is 0 Å². The second-order valence-electron chi connectivity index (χ2n) is 32.3. The topological polar surface area (TPSA) is 14.8 Å². The number of rotatable bonds is 2. The molecule has 0 N–H and O–H groups in total. The largest absolute Gasteiger partial charge is 0.311 e. The van der Waals surface area contributed by atoms with Crippen molar-refractivity contribution in [2.45, 2.75) is 164 Å². The number of benzene rings is 9. The van der Waals surface area contributed by atoms with Crippen molar-refractivity contribution in [3.63, 3.8) is 0 Å². The molecule has 3 nitrogen and oxygen atoms in total. The first-order valence-corrected chi connectivity index (χ1v) is 31.2. The van der Waals surface area contributed by atoms with Gasteiger partial charge < -0.3 is 13.7 Å². The van der Waals surface area contributed by atoms with Gasteiger partial charge in [0, 0.05) is 71.4 Å². The standard InChI is InChI=1S/C79H79B2N3/c1-42-67-65-73-66-68(42)83-64-31-29-49(76(8,9)10)35-54(64)56-36-50(77(11,12)13)39-60(70(56)83)81(66)62-41-52(79(17,18)19)38-58-57-37-51(78(14,15)16)40-61(71(57)84(73)72(58)62)80(65)59-34-46(44-22-27-48(28-23-44)75(5,6)7)33-55-53-32-45(24-30-63(53)82(67)69(55)59)43-20-25-47(26-21-43)74(2,3)4/h20-41H,1-19H3. The molecule has 0 spiro atoms. The van der Waals surface area contributed by atoms with Gasteiger partial charge in [-0.25, -0.2) is 0 Å². The van der Waals surface area contributed by atoms with Gasteiger partial charge in [-0.05, 0) is 182 Å². The quantitative estimate of drug-likeness (QED) is 0.153. The van der Waals surface area contributed by atoms with Gasteiger partial charge in [0.25, 0.3) is 13.4 Å². The highest BCUT2D eigenvalue weighted by atomic mass is 15.1. The molecule has 0 atom stereocenters. The second-order valence-corrected chi connectivity index (χ2v) is 32.3. The van der Waals surface area contributed by atoms with Crippen LogP contribution in [0.5, 0.6) is 0 Å². The van der Waals surface area contributed by atoms with Gasteiger partial charge in [0.2, 0.25) is 0 Å². The van der Waals surface area contributed by atoms with Crippen molar-refractivity contribution in [1.82, 2.24) is 13.7 Å². The summed E-state index contributed by atoms with van der Waals surface area (Å²) in [6.07, 6.45) is 0. The molecule has 0 fully saturated rings. The SMILES string of the molecule is Cc1c2c3c4c5c1-n1c6ccc(C(C)(C)C)cc6c6cc(C(C)(C)C)cc(c61)B5c1cc(C(C)(C)C)cc5c6cc(C(C)(C)C)cc(c6n-4c15)B3c1cc(-c3ccc(C(C)(C)C)cc3)cc3c4cc(-c5ccc(C(C)(C)C)cc5)ccc4n-2c13. The molecular weight excluding hydrogens is 1010 g/mol. The van der Waals surface area contributed by atoms with E-state index in [2.05, 4.69) is 279 Å². The fourth-order valence-electron chi connectivity index (χ4n) is 15.9. The lowest BCUT2D eigenvalue weighted by Gasteiger charge is -2.43. The van der Waals surface area contributed by atoms with E-state index in [4.69, 9.17) is 0 Å². The third-order valence-electron chi connectivity index (χ3n) is 20.7. The van der Waals surface area contributed by atoms with E-state index < -0.39 is 0 Å². The molecule has 84 heavy (non-hydrogen) atoms. The third kappa shape index (κ3) is 6.85. The minimum atomic E-state index is -0.100. The average molecular weight is 1090 g/mol. The van der Waals surface area contributed by atoms with E-state index >= 15 is 0 Å². The van der Waals surface area contributed by atoms with E-state index in [0.29, 0.717) is 0 Å². The predicted octanol–water partition coefficient (Wildman–Crippen LogP) is 16.7. The van der Waals surface area contributed by atoms with E-state index in [-0.39, 0.29) is 45.9 Å². The van der Waals surface area contributed by atoms with Crippen LogP contribution in [0.1, 0.15) is 164 Å². The molecular formula is C79H79B2N3. The fraction of sp³-hybridized carbons (Fsp3) is 0.316. The van der Waals surface area contributed by atoms with E-state index in [0.717, 1.165) is 0 Å². The molecule has 3 aromatic heterocycles. The Balaban J connectivity index is 1.13. The van der Waals surface area contributed by atoms with Gasteiger partial charge in [0.1, 0.15) is 0 Å². The summed E-state index contributed by atoms with van der Waals surface area (Å²) < 4.78 is 8.36. The maximum Gasteiger partial charge on any atom is 0.252 e. The molecule has 16 rings (SSSR count). The number of hydrogen-bond acceptors (Lipinski definition) is 0. The number of nitrogens with zero attached hydrogens (tertiary/aromatic N) is 3. The van der Waals surface area contributed by atoms with Crippen molar-refractivity contribution in [1.29, 1.82) is 0 Å². The van der Waals surface area contributed by atoms with Crippen LogP contribution in [-0.2, 0) is 32.5 Å².